The second kappa shape index (κ2) is 7.67. The highest BCUT2D eigenvalue weighted by atomic mass is 35.5. The van der Waals surface area contributed by atoms with Gasteiger partial charge in [-0.3, -0.25) is 0 Å². The molecule has 0 aromatic heterocycles. The highest BCUT2D eigenvalue weighted by Crippen LogP contribution is 2.32. The van der Waals surface area contributed by atoms with E-state index in [0.717, 1.165) is 0 Å². The summed E-state index contributed by atoms with van der Waals surface area (Å²) in [5, 5.41) is 12.4. The number of amides is 2. The highest BCUT2D eigenvalue weighted by molar-refractivity contribution is 6.32. The Hall–Kier alpha value is -2.71. The van der Waals surface area contributed by atoms with Crippen LogP contribution < -0.4 is 10.1 Å². The Morgan fingerprint density at radius 3 is 2.54 bits per heavy atom. The second-order valence-electron chi connectivity index (χ2n) is 6.65. The summed E-state index contributed by atoms with van der Waals surface area (Å²) in [5.41, 5.74) is 0.269. The highest BCUT2D eigenvalue weighted by Gasteiger charge is 2.31. The molecule has 2 aromatic rings. The number of ether oxygens (including phenoxy) is 1. The first-order valence-corrected chi connectivity index (χ1v) is 8.86. The summed E-state index contributed by atoms with van der Waals surface area (Å²) >= 11 is 6.28. The summed E-state index contributed by atoms with van der Waals surface area (Å²) in [6, 6.07) is 16.7. The van der Waals surface area contributed by atoms with Gasteiger partial charge in [-0.1, -0.05) is 29.8 Å². The number of nitriles is 1. The van der Waals surface area contributed by atoms with Crippen LogP contribution in [0.15, 0.2) is 48.5 Å². The van der Waals surface area contributed by atoms with E-state index in [9.17, 15) is 10.1 Å². The zero-order valence-electron chi connectivity index (χ0n) is 14.5. The van der Waals surface area contributed by atoms with Crippen molar-refractivity contribution in [3.63, 3.8) is 0 Å². The Labute approximate surface area is 158 Å². The van der Waals surface area contributed by atoms with E-state index in [0.29, 0.717) is 48.1 Å². The Morgan fingerprint density at radius 1 is 1.23 bits per heavy atom. The van der Waals surface area contributed by atoms with Crippen molar-refractivity contribution in [3.05, 3.63) is 53.6 Å². The van der Waals surface area contributed by atoms with E-state index in [1.807, 2.05) is 37.3 Å². The number of carbonyl (C=O) groups is 1. The van der Waals surface area contributed by atoms with Crippen molar-refractivity contribution in [1.82, 2.24) is 4.90 Å². The van der Waals surface area contributed by atoms with Gasteiger partial charge in [0, 0.05) is 18.8 Å². The Morgan fingerprint density at radius 2 is 1.92 bits per heavy atom. The number of hydrogen-bond acceptors (Lipinski definition) is 3. The molecule has 0 spiro atoms. The second-order valence-corrected chi connectivity index (χ2v) is 7.06. The van der Waals surface area contributed by atoms with E-state index in [-0.39, 0.29) is 11.4 Å². The first-order valence-electron chi connectivity index (χ1n) is 8.49. The smallest absolute Gasteiger partial charge is 0.321 e. The molecule has 2 amide bonds. The fourth-order valence-electron chi connectivity index (χ4n) is 2.79. The minimum Gasteiger partial charge on any atom is -0.456 e. The molecule has 3 rings (SSSR count). The minimum absolute atomic E-state index is 0.183. The molecule has 0 saturated carbocycles. The molecule has 0 unspecified atom stereocenters. The number of para-hydroxylation sites is 1. The molecule has 0 radical (unpaired) electrons. The van der Waals surface area contributed by atoms with Crippen LogP contribution in [0, 0.1) is 16.7 Å². The largest absolute Gasteiger partial charge is 0.456 e. The maximum absolute atomic E-state index is 12.4. The van der Waals surface area contributed by atoms with Crippen molar-refractivity contribution in [3.8, 4) is 17.6 Å². The summed E-state index contributed by atoms with van der Waals surface area (Å²) in [7, 11) is 0. The number of nitrogens with zero attached hydrogens (tertiary/aromatic N) is 2. The predicted molar refractivity (Wildman–Crippen MR) is 102 cm³/mol. The van der Waals surface area contributed by atoms with E-state index in [1.165, 1.54) is 0 Å². The topological polar surface area (TPSA) is 65.4 Å². The van der Waals surface area contributed by atoms with Gasteiger partial charge in [-0.25, -0.2) is 4.79 Å². The Bertz CT molecular complexity index is 825. The number of halogens is 1. The molecule has 1 N–H and O–H groups in total. The quantitative estimate of drug-likeness (QED) is 0.799. The summed E-state index contributed by atoms with van der Waals surface area (Å²) < 4.78 is 5.73. The zero-order valence-corrected chi connectivity index (χ0v) is 15.3. The van der Waals surface area contributed by atoms with Crippen molar-refractivity contribution in [2.45, 2.75) is 19.8 Å². The first-order chi connectivity index (χ1) is 12.5. The fourth-order valence-corrected chi connectivity index (χ4v) is 3.01. The summed E-state index contributed by atoms with van der Waals surface area (Å²) in [5.74, 6) is 1.22. The number of hydrogen-bond donors (Lipinski definition) is 1. The number of nitrogens with one attached hydrogen (secondary N) is 1. The van der Waals surface area contributed by atoms with Crippen LogP contribution in [-0.2, 0) is 0 Å². The van der Waals surface area contributed by atoms with E-state index < -0.39 is 0 Å². The van der Waals surface area contributed by atoms with Crippen LogP contribution in [0.1, 0.15) is 19.8 Å². The molecule has 2 aromatic carbocycles. The number of benzene rings is 2. The molecule has 134 valence electrons. The lowest BCUT2D eigenvalue weighted by Crippen LogP contribution is -2.43. The zero-order chi connectivity index (χ0) is 18.6. The van der Waals surface area contributed by atoms with Gasteiger partial charge in [0.1, 0.15) is 11.5 Å². The van der Waals surface area contributed by atoms with Gasteiger partial charge in [0.15, 0.2) is 0 Å². The molecule has 0 aliphatic carbocycles. The lowest BCUT2D eigenvalue weighted by atomic mass is 9.82. The normalized spacial score (nSPS) is 15.8. The van der Waals surface area contributed by atoms with E-state index in [1.54, 1.807) is 23.1 Å². The summed E-state index contributed by atoms with van der Waals surface area (Å²) in [4.78, 5) is 14.1. The molecule has 5 nitrogen and oxygen atoms in total. The number of piperidine rings is 1. The SMILES string of the molecule is CC1(C#N)CCN(C(=O)Nc2ccc(Oc3ccccc3)c(Cl)c2)CC1. The average molecular weight is 370 g/mol. The minimum atomic E-state index is -0.337. The predicted octanol–water partition coefficient (Wildman–Crippen LogP) is 5.29. The van der Waals surface area contributed by atoms with Gasteiger partial charge in [-0.15, -0.1) is 0 Å². The van der Waals surface area contributed by atoms with Gasteiger partial charge in [-0.05, 0) is 50.1 Å². The maximum atomic E-state index is 12.4. The number of carbonyl (C=O) groups excluding carboxylic acids is 1. The van der Waals surface area contributed by atoms with Gasteiger partial charge in [0.05, 0.1) is 16.5 Å². The molecule has 0 atom stereocenters. The lowest BCUT2D eigenvalue weighted by Gasteiger charge is -2.34. The monoisotopic (exact) mass is 369 g/mol. The third-order valence-electron chi connectivity index (χ3n) is 4.58. The number of urea groups is 1. The van der Waals surface area contributed by atoms with Crippen molar-refractivity contribution < 1.29 is 9.53 Å². The molecule has 6 heteroatoms. The van der Waals surface area contributed by atoms with Crippen molar-refractivity contribution in [2.24, 2.45) is 5.41 Å². The third kappa shape index (κ3) is 4.27. The average Bonchev–Trinajstić information content (AvgIpc) is 2.65. The van der Waals surface area contributed by atoms with Crippen LogP contribution in [0.2, 0.25) is 5.02 Å². The van der Waals surface area contributed by atoms with Crippen LogP contribution in [0.25, 0.3) is 0 Å². The Balaban J connectivity index is 1.61. The Kier molecular flexibility index (Phi) is 5.34. The maximum Gasteiger partial charge on any atom is 0.321 e. The molecular weight excluding hydrogens is 350 g/mol. The standard InChI is InChI=1S/C20H20ClN3O2/c1-20(14-22)9-11-24(12-10-20)19(25)23-15-7-8-18(17(21)13-15)26-16-5-3-2-4-6-16/h2-8,13H,9-12H2,1H3,(H,23,25). The van der Waals surface area contributed by atoms with Crippen molar-refractivity contribution >= 4 is 23.3 Å². The van der Waals surface area contributed by atoms with Gasteiger partial charge < -0.3 is 15.0 Å². The first kappa shape index (κ1) is 18.1. The molecular formula is C20H20ClN3O2. The van der Waals surface area contributed by atoms with E-state index >= 15 is 0 Å². The van der Waals surface area contributed by atoms with Gasteiger partial charge in [-0.2, -0.15) is 5.26 Å². The molecule has 1 aliphatic rings. The van der Waals surface area contributed by atoms with E-state index in [4.69, 9.17) is 16.3 Å². The van der Waals surface area contributed by atoms with Gasteiger partial charge in [0.2, 0.25) is 0 Å². The lowest BCUT2D eigenvalue weighted by molar-refractivity contribution is 0.166. The number of anilines is 1. The van der Waals surface area contributed by atoms with E-state index in [2.05, 4.69) is 11.4 Å². The summed E-state index contributed by atoms with van der Waals surface area (Å²) in [6.45, 7) is 3.07. The van der Waals surface area contributed by atoms with Gasteiger partial charge in [0.25, 0.3) is 0 Å². The van der Waals surface area contributed by atoms with Crippen LogP contribution in [0.3, 0.4) is 0 Å². The summed E-state index contributed by atoms with van der Waals surface area (Å²) in [6.07, 6.45) is 1.36. The number of likely N-dealkylation sites (tertiary alicyclic amines) is 1. The number of rotatable bonds is 3. The van der Waals surface area contributed by atoms with Crippen molar-refractivity contribution in [1.29, 1.82) is 5.26 Å². The molecule has 1 heterocycles. The third-order valence-corrected chi connectivity index (χ3v) is 4.87. The molecule has 26 heavy (non-hydrogen) atoms. The van der Waals surface area contributed by atoms with Gasteiger partial charge >= 0.3 is 6.03 Å². The molecule has 1 fully saturated rings. The molecule has 0 bridgehead atoms. The van der Waals surface area contributed by atoms with Crippen LogP contribution in [0.4, 0.5) is 10.5 Å². The van der Waals surface area contributed by atoms with Crippen molar-refractivity contribution in [2.75, 3.05) is 18.4 Å². The molecule has 1 saturated heterocycles. The van der Waals surface area contributed by atoms with Crippen LogP contribution >= 0.6 is 11.6 Å². The van der Waals surface area contributed by atoms with Crippen LogP contribution in [0.5, 0.6) is 11.5 Å². The fraction of sp³-hybridized carbons (Fsp3) is 0.300. The van der Waals surface area contributed by atoms with Crippen LogP contribution in [-0.4, -0.2) is 24.0 Å². The molecule has 1 aliphatic heterocycles.